The van der Waals surface area contributed by atoms with E-state index in [0.29, 0.717) is 48.9 Å². The number of nitrogens with two attached hydrogens (primary N) is 1. The number of benzene rings is 2. The number of carbonyl (C=O) groups excluding carboxylic acids is 2. The van der Waals surface area contributed by atoms with Crippen LogP contribution < -0.4 is 10.5 Å². The second-order valence-electron chi connectivity index (χ2n) is 7.12. The van der Waals surface area contributed by atoms with Crippen molar-refractivity contribution in [2.45, 2.75) is 13.8 Å². The quantitative estimate of drug-likeness (QED) is 0.320. The molecule has 0 atom stereocenters. The van der Waals surface area contributed by atoms with E-state index in [1.165, 1.54) is 11.3 Å². The molecule has 0 amide bonds. The average Bonchev–Trinajstić information content (AvgIpc) is 3.14. The molecule has 0 saturated carbocycles. The number of hydrogen-bond donors (Lipinski definition) is 1. The van der Waals surface area contributed by atoms with Crippen LogP contribution in [0.25, 0.3) is 21.3 Å². The normalized spacial score (nSPS) is 10.8. The van der Waals surface area contributed by atoms with Crippen LogP contribution in [-0.2, 0) is 4.74 Å². The predicted octanol–water partition coefficient (Wildman–Crippen LogP) is 5.27. The summed E-state index contributed by atoms with van der Waals surface area (Å²) in [4.78, 5) is 31.7. The molecule has 0 saturated heterocycles. The van der Waals surface area contributed by atoms with Gasteiger partial charge >= 0.3 is 5.97 Å². The zero-order chi connectivity index (χ0) is 22.8. The zero-order valence-electron chi connectivity index (χ0n) is 18.0. The summed E-state index contributed by atoms with van der Waals surface area (Å²) in [5.41, 5.74) is 9.66. The van der Waals surface area contributed by atoms with Crippen molar-refractivity contribution >= 4 is 39.0 Å². The SMILES string of the molecule is CCOC(=O)c1c(C)nc2sc(C(=O)c3ccc(OC)cc3)c(N)c2c1-c1ccccc1. The number of ether oxygens (including phenoxy) is 2. The first-order valence-electron chi connectivity index (χ1n) is 10.1. The van der Waals surface area contributed by atoms with Crippen LogP contribution in [0, 0.1) is 6.92 Å². The van der Waals surface area contributed by atoms with Gasteiger partial charge in [-0.3, -0.25) is 4.79 Å². The van der Waals surface area contributed by atoms with Crippen LogP contribution >= 0.6 is 11.3 Å². The molecule has 0 aliphatic rings. The molecule has 2 N–H and O–H groups in total. The monoisotopic (exact) mass is 446 g/mol. The van der Waals surface area contributed by atoms with Gasteiger partial charge < -0.3 is 15.2 Å². The van der Waals surface area contributed by atoms with Gasteiger partial charge in [0.2, 0.25) is 5.78 Å². The third-order valence-corrected chi connectivity index (χ3v) is 6.26. The Labute approximate surface area is 189 Å². The highest BCUT2D eigenvalue weighted by Crippen LogP contribution is 2.43. The van der Waals surface area contributed by atoms with Gasteiger partial charge in [0, 0.05) is 16.5 Å². The minimum absolute atomic E-state index is 0.206. The van der Waals surface area contributed by atoms with Gasteiger partial charge in [0.15, 0.2) is 0 Å². The van der Waals surface area contributed by atoms with Gasteiger partial charge in [-0.2, -0.15) is 0 Å². The summed E-state index contributed by atoms with van der Waals surface area (Å²) < 4.78 is 10.5. The number of methoxy groups -OCH3 is 1. The molecule has 2 aromatic carbocycles. The number of nitrogen functional groups attached to an aromatic ring is 1. The third-order valence-electron chi connectivity index (χ3n) is 5.16. The van der Waals surface area contributed by atoms with Crippen LogP contribution in [0.1, 0.15) is 38.2 Å². The Hall–Kier alpha value is -3.71. The third kappa shape index (κ3) is 3.71. The molecule has 4 rings (SSSR count). The van der Waals surface area contributed by atoms with E-state index in [4.69, 9.17) is 15.2 Å². The fourth-order valence-corrected chi connectivity index (χ4v) is 4.77. The van der Waals surface area contributed by atoms with Gasteiger partial charge in [-0.05, 0) is 43.7 Å². The van der Waals surface area contributed by atoms with Crippen LogP contribution in [0.3, 0.4) is 0 Å². The Morgan fingerprint density at radius 2 is 1.75 bits per heavy atom. The number of esters is 1. The number of fused-ring (bicyclic) bond motifs is 1. The number of thiophene rings is 1. The Morgan fingerprint density at radius 3 is 2.38 bits per heavy atom. The number of carbonyl (C=O) groups is 2. The van der Waals surface area contributed by atoms with Crippen molar-refractivity contribution in [3.05, 3.63) is 76.3 Å². The highest BCUT2D eigenvalue weighted by molar-refractivity contribution is 7.21. The number of hydrogen-bond acceptors (Lipinski definition) is 7. The van der Waals surface area contributed by atoms with Gasteiger partial charge in [-0.25, -0.2) is 9.78 Å². The van der Waals surface area contributed by atoms with Gasteiger partial charge in [0.25, 0.3) is 0 Å². The molecule has 0 bridgehead atoms. The van der Waals surface area contributed by atoms with Gasteiger partial charge in [-0.1, -0.05) is 30.3 Å². The topological polar surface area (TPSA) is 91.5 Å². The zero-order valence-corrected chi connectivity index (χ0v) is 18.8. The van der Waals surface area contributed by atoms with E-state index in [1.54, 1.807) is 45.2 Å². The van der Waals surface area contributed by atoms with Crippen molar-refractivity contribution in [3.63, 3.8) is 0 Å². The lowest BCUT2D eigenvalue weighted by molar-refractivity contribution is 0.0526. The van der Waals surface area contributed by atoms with E-state index < -0.39 is 5.97 Å². The maximum atomic E-state index is 13.3. The molecular formula is C25H22N2O4S. The standard InChI is InChI=1S/C25H22N2O4S/c1-4-31-25(29)18-14(2)27-24-20(19(18)15-8-6-5-7-9-15)21(26)23(32-24)22(28)16-10-12-17(30-3)13-11-16/h5-13H,4,26H2,1-3H3. The molecule has 0 radical (unpaired) electrons. The molecule has 7 heteroatoms. The van der Waals surface area contributed by atoms with E-state index in [-0.39, 0.29) is 12.4 Å². The maximum Gasteiger partial charge on any atom is 0.340 e. The molecule has 0 aliphatic heterocycles. The lowest BCUT2D eigenvalue weighted by Crippen LogP contribution is -2.10. The molecule has 162 valence electrons. The van der Waals surface area contributed by atoms with Crippen LogP contribution in [0.5, 0.6) is 5.75 Å². The number of pyridine rings is 1. The minimum Gasteiger partial charge on any atom is -0.497 e. The maximum absolute atomic E-state index is 13.3. The van der Waals surface area contributed by atoms with E-state index in [9.17, 15) is 9.59 Å². The lowest BCUT2D eigenvalue weighted by atomic mass is 9.95. The van der Waals surface area contributed by atoms with Crippen molar-refractivity contribution in [1.82, 2.24) is 4.98 Å². The molecule has 4 aromatic rings. The van der Waals surface area contributed by atoms with Crippen molar-refractivity contribution in [2.24, 2.45) is 0 Å². The smallest absolute Gasteiger partial charge is 0.340 e. The lowest BCUT2D eigenvalue weighted by Gasteiger charge is -2.13. The highest BCUT2D eigenvalue weighted by Gasteiger charge is 2.27. The first kappa shape index (κ1) is 21.5. The first-order valence-corrected chi connectivity index (χ1v) is 10.9. The van der Waals surface area contributed by atoms with E-state index in [2.05, 4.69) is 4.98 Å². The molecule has 2 heterocycles. The summed E-state index contributed by atoms with van der Waals surface area (Å²) >= 11 is 1.22. The Bertz CT molecular complexity index is 1310. The fraction of sp³-hybridized carbons (Fsp3) is 0.160. The Morgan fingerprint density at radius 1 is 1.06 bits per heavy atom. The van der Waals surface area contributed by atoms with Crippen molar-refractivity contribution < 1.29 is 19.1 Å². The summed E-state index contributed by atoms with van der Waals surface area (Å²) in [5.74, 6) is -0.0111. The fourth-order valence-electron chi connectivity index (χ4n) is 3.65. The number of aromatic nitrogens is 1. The molecule has 0 unspecified atom stereocenters. The average molecular weight is 447 g/mol. The van der Waals surface area contributed by atoms with Gasteiger partial charge in [0.1, 0.15) is 15.5 Å². The van der Waals surface area contributed by atoms with Crippen LogP contribution in [0.2, 0.25) is 0 Å². The summed E-state index contributed by atoms with van der Waals surface area (Å²) in [5, 5.41) is 0.590. The van der Waals surface area contributed by atoms with Gasteiger partial charge in [-0.15, -0.1) is 11.3 Å². The molecular weight excluding hydrogens is 424 g/mol. The molecule has 0 fully saturated rings. The Kier molecular flexibility index (Phi) is 5.92. The second-order valence-corrected chi connectivity index (χ2v) is 8.12. The van der Waals surface area contributed by atoms with Crippen molar-refractivity contribution in [3.8, 4) is 16.9 Å². The van der Waals surface area contributed by atoms with E-state index in [0.717, 1.165) is 5.56 Å². The molecule has 2 aromatic heterocycles. The van der Waals surface area contributed by atoms with Gasteiger partial charge in [0.05, 0.1) is 30.7 Å². The predicted molar refractivity (Wildman–Crippen MR) is 127 cm³/mol. The van der Waals surface area contributed by atoms with Crippen molar-refractivity contribution in [2.75, 3.05) is 19.5 Å². The number of nitrogens with zero attached hydrogens (tertiary/aromatic N) is 1. The number of aryl methyl sites for hydroxylation is 1. The van der Waals surface area contributed by atoms with Crippen LogP contribution in [-0.4, -0.2) is 30.5 Å². The van der Waals surface area contributed by atoms with Crippen molar-refractivity contribution in [1.29, 1.82) is 0 Å². The van der Waals surface area contributed by atoms with E-state index >= 15 is 0 Å². The second kappa shape index (κ2) is 8.80. The van der Waals surface area contributed by atoms with Crippen LogP contribution in [0.4, 0.5) is 5.69 Å². The summed E-state index contributed by atoms with van der Waals surface area (Å²) in [7, 11) is 1.57. The minimum atomic E-state index is -0.466. The summed E-state index contributed by atoms with van der Waals surface area (Å²) in [6, 6.07) is 16.3. The molecule has 6 nitrogen and oxygen atoms in total. The Balaban J connectivity index is 1.97. The van der Waals surface area contributed by atoms with Crippen LogP contribution in [0.15, 0.2) is 54.6 Å². The number of anilines is 1. The summed E-state index contributed by atoms with van der Waals surface area (Å²) in [6.45, 7) is 3.76. The van der Waals surface area contributed by atoms with E-state index in [1.807, 2.05) is 30.3 Å². The summed E-state index contributed by atoms with van der Waals surface area (Å²) in [6.07, 6.45) is 0. The number of rotatable bonds is 6. The molecule has 32 heavy (non-hydrogen) atoms. The molecule has 0 spiro atoms. The first-order chi connectivity index (χ1) is 15.5. The molecule has 0 aliphatic carbocycles. The largest absolute Gasteiger partial charge is 0.497 e. The highest BCUT2D eigenvalue weighted by atomic mass is 32.1. The number of ketones is 1.